The topological polar surface area (TPSA) is 57.9 Å². The van der Waals surface area contributed by atoms with Crippen LogP contribution in [-0.4, -0.2) is 46.6 Å². The van der Waals surface area contributed by atoms with Gasteiger partial charge < -0.3 is 0 Å². The zero-order chi connectivity index (χ0) is 15.9. The molecule has 0 aliphatic carbocycles. The quantitative estimate of drug-likeness (QED) is 0.856. The maximum Gasteiger partial charge on any atom is 0.282 e. The normalized spacial score (nSPS) is 17.6. The third kappa shape index (κ3) is 2.80. The molecule has 1 fully saturated rings. The number of thiazole rings is 1. The summed E-state index contributed by atoms with van der Waals surface area (Å²) in [6.45, 7) is 5.58. The van der Waals surface area contributed by atoms with Crippen LogP contribution in [0.25, 0.3) is 4.96 Å². The third-order valence-corrected chi connectivity index (χ3v) is 6.98. The Bertz CT molecular complexity index is 772. The van der Waals surface area contributed by atoms with Crippen LogP contribution in [0.2, 0.25) is 0 Å². The van der Waals surface area contributed by atoms with Crippen molar-refractivity contribution in [1.29, 1.82) is 0 Å². The number of aryl methyl sites for hydroxylation is 2. The van der Waals surface area contributed by atoms with E-state index in [0.29, 0.717) is 19.6 Å². The summed E-state index contributed by atoms with van der Waals surface area (Å²) < 4.78 is 30.4. The Kier molecular flexibility index (Phi) is 4.28. The van der Waals surface area contributed by atoms with E-state index in [-0.39, 0.29) is 0 Å². The Hall–Kier alpha value is -0.960. The second-order valence-electron chi connectivity index (χ2n) is 5.86. The predicted molar refractivity (Wildman–Crippen MR) is 88.4 cm³/mol. The van der Waals surface area contributed by atoms with E-state index in [9.17, 15) is 8.42 Å². The zero-order valence-corrected chi connectivity index (χ0v) is 14.9. The Morgan fingerprint density at radius 3 is 2.64 bits per heavy atom. The largest absolute Gasteiger partial charge is 0.293 e. The van der Waals surface area contributed by atoms with Crippen molar-refractivity contribution in [1.82, 2.24) is 18.0 Å². The molecule has 0 N–H and O–H groups in total. The minimum atomic E-state index is -3.39. The minimum Gasteiger partial charge on any atom is -0.293 e. The van der Waals surface area contributed by atoms with E-state index >= 15 is 0 Å². The lowest BCUT2D eigenvalue weighted by molar-refractivity contribution is 0.313. The third-order valence-electron chi connectivity index (χ3n) is 4.15. The average Bonchev–Trinajstić information content (AvgIpc) is 2.97. The molecule has 0 saturated carbocycles. The van der Waals surface area contributed by atoms with Crippen LogP contribution in [0, 0.1) is 13.8 Å². The maximum atomic E-state index is 12.7. The van der Waals surface area contributed by atoms with Gasteiger partial charge in [0.1, 0.15) is 0 Å². The molecule has 0 aromatic carbocycles. The molecule has 1 aliphatic rings. The number of imidazole rings is 1. The Labute approximate surface area is 135 Å². The van der Waals surface area contributed by atoms with Gasteiger partial charge in [0.15, 0.2) is 4.96 Å². The fourth-order valence-electron chi connectivity index (χ4n) is 2.88. The van der Waals surface area contributed by atoms with Gasteiger partial charge in [-0.3, -0.25) is 4.40 Å². The molecule has 0 radical (unpaired) electrons. The van der Waals surface area contributed by atoms with Crippen LogP contribution in [-0.2, 0) is 16.8 Å². The number of piperidine rings is 1. The molecule has 0 spiro atoms. The van der Waals surface area contributed by atoms with Crippen molar-refractivity contribution >= 4 is 26.5 Å². The number of fused-ring (bicyclic) bond motifs is 1. The standard InChI is InChI=1S/C14H22N4O2S2/c1-11-9-18-13(12(2)15-14(18)21-11)10-16(3)22(19,20)17-7-5-4-6-8-17/h9H,4-8,10H2,1-3H3. The average molecular weight is 342 g/mol. The molecular weight excluding hydrogens is 320 g/mol. The number of aromatic nitrogens is 2. The fourth-order valence-corrected chi connectivity index (χ4v) is 5.17. The molecule has 2 aromatic rings. The Balaban J connectivity index is 1.85. The summed E-state index contributed by atoms with van der Waals surface area (Å²) in [4.78, 5) is 6.62. The highest BCUT2D eigenvalue weighted by Crippen LogP contribution is 2.23. The number of rotatable bonds is 4. The highest BCUT2D eigenvalue weighted by molar-refractivity contribution is 7.86. The molecule has 1 saturated heterocycles. The zero-order valence-electron chi connectivity index (χ0n) is 13.2. The highest BCUT2D eigenvalue weighted by Gasteiger charge is 2.29. The van der Waals surface area contributed by atoms with Crippen molar-refractivity contribution in [3.8, 4) is 0 Å². The van der Waals surface area contributed by atoms with E-state index < -0.39 is 10.2 Å². The van der Waals surface area contributed by atoms with Crippen LogP contribution >= 0.6 is 11.3 Å². The van der Waals surface area contributed by atoms with E-state index in [1.165, 1.54) is 9.18 Å². The molecule has 0 bridgehead atoms. The van der Waals surface area contributed by atoms with Crippen molar-refractivity contribution in [2.75, 3.05) is 20.1 Å². The summed E-state index contributed by atoms with van der Waals surface area (Å²) >= 11 is 1.62. The summed E-state index contributed by atoms with van der Waals surface area (Å²) in [5.74, 6) is 0. The molecule has 0 amide bonds. The van der Waals surface area contributed by atoms with Crippen LogP contribution in [0.5, 0.6) is 0 Å². The predicted octanol–water partition coefficient (Wildman–Crippen LogP) is 2.18. The van der Waals surface area contributed by atoms with E-state index in [2.05, 4.69) is 4.98 Å². The second kappa shape index (κ2) is 5.92. The van der Waals surface area contributed by atoms with Gasteiger partial charge in [-0.1, -0.05) is 6.42 Å². The van der Waals surface area contributed by atoms with Crippen LogP contribution in [0.3, 0.4) is 0 Å². The Morgan fingerprint density at radius 1 is 1.27 bits per heavy atom. The van der Waals surface area contributed by atoms with Crippen LogP contribution < -0.4 is 0 Å². The summed E-state index contributed by atoms with van der Waals surface area (Å²) in [6.07, 6.45) is 5.04. The van der Waals surface area contributed by atoms with Gasteiger partial charge in [0.25, 0.3) is 10.2 Å². The lowest BCUT2D eigenvalue weighted by Gasteiger charge is -2.30. The smallest absolute Gasteiger partial charge is 0.282 e. The monoisotopic (exact) mass is 342 g/mol. The van der Waals surface area contributed by atoms with Crippen molar-refractivity contribution in [2.24, 2.45) is 0 Å². The fraction of sp³-hybridized carbons (Fsp3) is 0.643. The van der Waals surface area contributed by atoms with Gasteiger partial charge in [-0.2, -0.15) is 17.0 Å². The molecule has 6 nitrogen and oxygen atoms in total. The van der Waals surface area contributed by atoms with Crippen LogP contribution in [0.1, 0.15) is 35.5 Å². The lowest BCUT2D eigenvalue weighted by Crippen LogP contribution is -2.44. The summed E-state index contributed by atoms with van der Waals surface area (Å²) in [7, 11) is -1.73. The molecule has 3 rings (SSSR count). The van der Waals surface area contributed by atoms with Crippen molar-refractivity contribution in [3.05, 3.63) is 22.5 Å². The van der Waals surface area contributed by atoms with E-state index in [1.807, 2.05) is 24.4 Å². The van der Waals surface area contributed by atoms with Crippen molar-refractivity contribution < 1.29 is 8.42 Å². The van der Waals surface area contributed by atoms with Crippen molar-refractivity contribution in [3.63, 3.8) is 0 Å². The molecule has 22 heavy (non-hydrogen) atoms. The SMILES string of the molecule is Cc1cn2c(CN(C)S(=O)(=O)N3CCCCC3)c(C)nc2s1. The lowest BCUT2D eigenvalue weighted by atomic mass is 10.2. The molecule has 0 atom stereocenters. The van der Waals surface area contributed by atoms with Crippen molar-refractivity contribution in [2.45, 2.75) is 39.7 Å². The molecular formula is C14H22N4O2S2. The first-order valence-electron chi connectivity index (χ1n) is 7.55. The summed E-state index contributed by atoms with van der Waals surface area (Å²) in [5, 5.41) is 0. The van der Waals surface area contributed by atoms with Gasteiger partial charge in [0, 0.05) is 31.2 Å². The summed E-state index contributed by atoms with van der Waals surface area (Å²) in [5.41, 5.74) is 1.84. The molecule has 2 aromatic heterocycles. The molecule has 8 heteroatoms. The molecule has 0 unspecified atom stereocenters. The van der Waals surface area contributed by atoms with Gasteiger partial charge in [-0.25, -0.2) is 4.98 Å². The molecule has 1 aliphatic heterocycles. The van der Waals surface area contributed by atoms with E-state index in [0.717, 1.165) is 35.6 Å². The first-order valence-corrected chi connectivity index (χ1v) is 9.76. The summed E-state index contributed by atoms with van der Waals surface area (Å²) in [6, 6.07) is 0. The molecule has 122 valence electrons. The van der Waals surface area contributed by atoms with Gasteiger partial charge in [-0.05, 0) is 26.7 Å². The van der Waals surface area contributed by atoms with E-state index in [1.54, 1.807) is 22.7 Å². The number of hydrogen-bond acceptors (Lipinski definition) is 4. The van der Waals surface area contributed by atoms with Gasteiger partial charge >= 0.3 is 0 Å². The first-order chi connectivity index (χ1) is 10.4. The number of nitrogens with zero attached hydrogens (tertiary/aromatic N) is 4. The van der Waals surface area contributed by atoms with Gasteiger partial charge in [0.2, 0.25) is 0 Å². The van der Waals surface area contributed by atoms with Crippen LogP contribution in [0.4, 0.5) is 0 Å². The maximum absolute atomic E-state index is 12.7. The van der Waals surface area contributed by atoms with Crippen LogP contribution in [0.15, 0.2) is 6.20 Å². The van der Waals surface area contributed by atoms with Gasteiger partial charge in [0.05, 0.1) is 17.9 Å². The molecule has 3 heterocycles. The van der Waals surface area contributed by atoms with Gasteiger partial charge in [-0.15, -0.1) is 11.3 Å². The second-order valence-corrected chi connectivity index (χ2v) is 9.11. The highest BCUT2D eigenvalue weighted by atomic mass is 32.2. The minimum absolute atomic E-state index is 0.349. The first kappa shape index (κ1) is 15.9. The number of hydrogen-bond donors (Lipinski definition) is 0. The Morgan fingerprint density at radius 2 is 1.95 bits per heavy atom. The van der Waals surface area contributed by atoms with E-state index in [4.69, 9.17) is 0 Å².